The summed E-state index contributed by atoms with van der Waals surface area (Å²) in [6, 6.07) is 23.6. The number of piperazine rings is 1. The molecular weight excluding hydrogens is 533 g/mol. The Kier molecular flexibility index (Phi) is 9.12. The summed E-state index contributed by atoms with van der Waals surface area (Å²) >= 11 is 0. The van der Waals surface area contributed by atoms with Crippen molar-refractivity contribution < 1.29 is 23.5 Å². The van der Waals surface area contributed by atoms with Crippen LogP contribution in [0.2, 0.25) is 0 Å². The number of hydrogen-bond donors (Lipinski definition) is 0. The van der Waals surface area contributed by atoms with Gasteiger partial charge >= 0.3 is 5.97 Å². The Hall–Kier alpha value is -4.30. The van der Waals surface area contributed by atoms with Gasteiger partial charge in [0.1, 0.15) is 5.82 Å². The molecule has 0 aliphatic carbocycles. The first-order valence-corrected chi connectivity index (χ1v) is 14.4. The van der Waals surface area contributed by atoms with Crippen molar-refractivity contribution in [2.24, 2.45) is 0 Å². The third-order valence-corrected chi connectivity index (χ3v) is 7.99. The Morgan fingerprint density at radius 3 is 2.31 bits per heavy atom. The van der Waals surface area contributed by atoms with Crippen LogP contribution in [0.25, 0.3) is 0 Å². The Balaban J connectivity index is 1.31. The minimum atomic E-state index is -0.600. The molecule has 2 aliphatic heterocycles. The van der Waals surface area contributed by atoms with E-state index in [1.165, 1.54) is 17.7 Å². The van der Waals surface area contributed by atoms with Crippen LogP contribution in [0, 0.1) is 5.82 Å². The predicted octanol–water partition coefficient (Wildman–Crippen LogP) is 5.14. The number of ether oxygens (including phenoxy) is 1. The van der Waals surface area contributed by atoms with E-state index in [4.69, 9.17) is 4.74 Å². The van der Waals surface area contributed by atoms with Crippen LogP contribution in [0.1, 0.15) is 53.2 Å². The molecule has 0 bridgehead atoms. The molecule has 2 aliphatic rings. The number of rotatable bonds is 8. The molecule has 2 amide bonds. The summed E-state index contributed by atoms with van der Waals surface area (Å²) in [4.78, 5) is 45.7. The Morgan fingerprint density at radius 1 is 0.881 bits per heavy atom. The minimum absolute atomic E-state index is 0.0147. The lowest BCUT2D eigenvalue weighted by Crippen LogP contribution is -2.48. The quantitative estimate of drug-likeness (QED) is 0.352. The highest BCUT2D eigenvalue weighted by atomic mass is 19.1. The molecule has 5 rings (SSSR count). The number of carbonyl (C=O) groups excluding carboxylic acids is 3. The van der Waals surface area contributed by atoms with E-state index in [-0.39, 0.29) is 31.4 Å². The van der Waals surface area contributed by atoms with E-state index >= 15 is 0 Å². The molecule has 3 aromatic rings. The van der Waals surface area contributed by atoms with E-state index in [9.17, 15) is 18.8 Å². The number of allylic oxidation sites excluding steroid dienone is 1. The fourth-order valence-corrected chi connectivity index (χ4v) is 5.80. The molecule has 42 heavy (non-hydrogen) atoms. The highest BCUT2D eigenvalue weighted by molar-refractivity contribution is 5.96. The van der Waals surface area contributed by atoms with Gasteiger partial charge in [-0.2, -0.15) is 0 Å². The molecule has 0 aromatic heterocycles. The van der Waals surface area contributed by atoms with Gasteiger partial charge in [-0.05, 0) is 54.8 Å². The fourth-order valence-electron chi connectivity index (χ4n) is 5.80. The number of hydrogen-bond acceptors (Lipinski definition) is 5. The normalized spacial score (nSPS) is 17.9. The zero-order valence-corrected chi connectivity index (χ0v) is 24.1. The van der Waals surface area contributed by atoms with Crippen LogP contribution in [-0.4, -0.2) is 65.3 Å². The van der Waals surface area contributed by atoms with E-state index < -0.39 is 17.7 Å². The number of amides is 2. The number of esters is 1. The van der Waals surface area contributed by atoms with E-state index in [1.807, 2.05) is 41.3 Å². The molecule has 1 atom stereocenters. The molecule has 0 spiro atoms. The number of halogens is 1. The smallest absolute Gasteiger partial charge is 0.336 e. The summed E-state index contributed by atoms with van der Waals surface area (Å²) < 4.78 is 19.4. The molecule has 218 valence electrons. The van der Waals surface area contributed by atoms with E-state index in [1.54, 1.807) is 36.9 Å². The first kappa shape index (κ1) is 29.2. The maximum absolute atomic E-state index is 14.0. The zero-order chi connectivity index (χ0) is 29.6. The van der Waals surface area contributed by atoms with Gasteiger partial charge in [-0.15, -0.1) is 0 Å². The van der Waals surface area contributed by atoms with Gasteiger partial charge in [0.05, 0.1) is 18.7 Å². The summed E-state index contributed by atoms with van der Waals surface area (Å²) in [5.41, 5.74) is 3.99. The largest absolute Gasteiger partial charge is 0.463 e. The van der Waals surface area contributed by atoms with E-state index in [0.717, 1.165) is 25.2 Å². The van der Waals surface area contributed by atoms with Crippen LogP contribution in [0.3, 0.4) is 0 Å². The van der Waals surface area contributed by atoms with Crippen molar-refractivity contribution in [1.29, 1.82) is 0 Å². The second kappa shape index (κ2) is 13.1. The average Bonchev–Trinajstić information content (AvgIpc) is 3.00. The first-order valence-electron chi connectivity index (χ1n) is 14.4. The van der Waals surface area contributed by atoms with Crippen molar-refractivity contribution in [3.8, 4) is 0 Å². The van der Waals surface area contributed by atoms with Gasteiger partial charge < -0.3 is 14.5 Å². The van der Waals surface area contributed by atoms with Crippen molar-refractivity contribution in [1.82, 2.24) is 14.7 Å². The third-order valence-electron chi connectivity index (χ3n) is 7.99. The summed E-state index contributed by atoms with van der Waals surface area (Å²) in [5.74, 6) is -1.76. The van der Waals surface area contributed by atoms with Gasteiger partial charge in [0.15, 0.2) is 0 Å². The lowest BCUT2D eigenvalue weighted by Gasteiger charge is -2.35. The zero-order valence-electron chi connectivity index (χ0n) is 24.1. The maximum atomic E-state index is 14.0. The van der Waals surface area contributed by atoms with Gasteiger partial charge in [0.2, 0.25) is 5.91 Å². The maximum Gasteiger partial charge on any atom is 0.336 e. The SMILES string of the molecule is CCOC(=O)C1=C(C)N(Cc2cccc(C(=O)N3CCN(Cc4ccccc4)CC3)c2)C(=O)CC1c1cccc(F)c1. The molecule has 0 saturated carbocycles. The van der Waals surface area contributed by atoms with Gasteiger partial charge in [0.25, 0.3) is 5.91 Å². The summed E-state index contributed by atoms with van der Waals surface area (Å²) in [7, 11) is 0. The molecule has 1 unspecified atom stereocenters. The van der Waals surface area contributed by atoms with Crippen LogP contribution in [-0.2, 0) is 27.4 Å². The Bertz CT molecular complexity index is 1480. The molecule has 8 heteroatoms. The van der Waals surface area contributed by atoms with Crippen LogP contribution in [0.4, 0.5) is 4.39 Å². The second-order valence-corrected chi connectivity index (χ2v) is 10.8. The highest BCUT2D eigenvalue weighted by Crippen LogP contribution is 2.38. The first-order chi connectivity index (χ1) is 20.3. The molecular formula is C34H36FN3O4. The lowest BCUT2D eigenvalue weighted by atomic mass is 9.83. The third kappa shape index (κ3) is 6.60. The summed E-state index contributed by atoms with van der Waals surface area (Å²) in [6.45, 7) is 7.59. The van der Waals surface area contributed by atoms with Crippen molar-refractivity contribution >= 4 is 17.8 Å². The van der Waals surface area contributed by atoms with Crippen molar-refractivity contribution in [2.75, 3.05) is 32.8 Å². The number of nitrogens with zero attached hydrogens (tertiary/aromatic N) is 3. The average molecular weight is 570 g/mol. The van der Waals surface area contributed by atoms with E-state index in [2.05, 4.69) is 17.0 Å². The topological polar surface area (TPSA) is 70.2 Å². The van der Waals surface area contributed by atoms with Gasteiger partial charge in [0, 0.05) is 56.3 Å². The van der Waals surface area contributed by atoms with Crippen molar-refractivity contribution in [3.63, 3.8) is 0 Å². The molecule has 1 saturated heterocycles. The lowest BCUT2D eigenvalue weighted by molar-refractivity contribution is -0.140. The monoisotopic (exact) mass is 569 g/mol. The van der Waals surface area contributed by atoms with Gasteiger partial charge in [-0.25, -0.2) is 9.18 Å². The molecule has 0 radical (unpaired) electrons. The minimum Gasteiger partial charge on any atom is -0.463 e. The standard InChI is InChI=1S/C34H36FN3O4/c1-3-42-34(41)32-24(2)38(31(39)21-30(32)27-12-8-14-29(35)20-27)23-26-11-7-13-28(19-26)33(40)37-17-15-36(16-18-37)22-25-9-5-4-6-10-25/h4-14,19-20,30H,3,15-18,21-23H2,1-2H3. The van der Waals surface area contributed by atoms with Crippen LogP contribution >= 0.6 is 0 Å². The highest BCUT2D eigenvalue weighted by Gasteiger charge is 2.37. The van der Waals surface area contributed by atoms with E-state index in [0.29, 0.717) is 35.5 Å². The predicted molar refractivity (Wildman–Crippen MR) is 158 cm³/mol. The van der Waals surface area contributed by atoms with Gasteiger partial charge in [-0.1, -0.05) is 54.6 Å². The molecule has 2 heterocycles. The van der Waals surface area contributed by atoms with Crippen molar-refractivity contribution in [3.05, 3.63) is 118 Å². The second-order valence-electron chi connectivity index (χ2n) is 10.8. The Morgan fingerprint density at radius 2 is 1.60 bits per heavy atom. The summed E-state index contributed by atoms with van der Waals surface area (Å²) in [6.07, 6.45) is 0.0147. The number of benzene rings is 3. The Labute approximate surface area is 246 Å². The van der Waals surface area contributed by atoms with Gasteiger partial charge in [-0.3, -0.25) is 14.5 Å². The fraction of sp³-hybridized carbons (Fsp3) is 0.324. The molecule has 1 fully saturated rings. The van der Waals surface area contributed by atoms with Crippen LogP contribution in [0.5, 0.6) is 0 Å². The molecule has 7 nitrogen and oxygen atoms in total. The van der Waals surface area contributed by atoms with Crippen LogP contribution < -0.4 is 0 Å². The molecule has 3 aromatic carbocycles. The summed E-state index contributed by atoms with van der Waals surface area (Å²) in [5, 5.41) is 0. The van der Waals surface area contributed by atoms with Crippen LogP contribution in [0.15, 0.2) is 90.1 Å². The number of carbonyl (C=O) groups is 3. The molecule has 0 N–H and O–H groups in total. The van der Waals surface area contributed by atoms with Crippen molar-refractivity contribution in [2.45, 2.75) is 39.3 Å².